The number of aldehydes is 1. The summed E-state index contributed by atoms with van der Waals surface area (Å²) in [7, 11) is 0. The molecular weight excluding hydrogens is 290 g/mol. The topological polar surface area (TPSA) is 58.6 Å². The third-order valence-electron chi connectivity index (χ3n) is 3.64. The molecule has 2 N–H and O–H groups in total. The van der Waals surface area contributed by atoms with Crippen molar-refractivity contribution in [2.45, 2.75) is 32.5 Å². The minimum Gasteiger partial charge on any atom is -0.494 e. The Morgan fingerprint density at radius 3 is 2.52 bits per heavy atom. The number of hydrogen-bond donors (Lipinski definition) is 2. The van der Waals surface area contributed by atoms with Gasteiger partial charge in [-0.15, -0.1) is 0 Å². The highest BCUT2D eigenvalue weighted by atomic mass is 16.5. The Kier molecular flexibility index (Phi) is 6.32. The van der Waals surface area contributed by atoms with E-state index < -0.39 is 12.1 Å². The molecule has 0 aromatic heterocycles. The van der Waals surface area contributed by atoms with Gasteiger partial charge in [0.05, 0.1) is 18.8 Å². The summed E-state index contributed by atoms with van der Waals surface area (Å²) in [6.07, 6.45) is 0.0335. The third kappa shape index (κ3) is 4.91. The molecule has 2 unspecified atom stereocenters. The minimum atomic E-state index is -0.701. The molecule has 2 atom stereocenters. The molecule has 4 heteroatoms. The average molecular weight is 313 g/mol. The molecule has 0 saturated carbocycles. The molecule has 4 nitrogen and oxygen atoms in total. The van der Waals surface area contributed by atoms with Crippen LogP contribution in [0.1, 0.15) is 19.4 Å². The van der Waals surface area contributed by atoms with E-state index in [0.717, 1.165) is 28.7 Å². The molecule has 0 aliphatic carbocycles. The van der Waals surface area contributed by atoms with E-state index in [-0.39, 0.29) is 0 Å². The number of ether oxygens (including phenoxy) is 1. The van der Waals surface area contributed by atoms with Crippen molar-refractivity contribution >= 4 is 6.29 Å². The molecule has 0 aliphatic rings. The van der Waals surface area contributed by atoms with Crippen molar-refractivity contribution in [3.05, 3.63) is 54.1 Å². The second-order valence-corrected chi connectivity index (χ2v) is 5.44. The molecule has 0 aliphatic heterocycles. The lowest BCUT2D eigenvalue weighted by atomic mass is 10.0. The van der Waals surface area contributed by atoms with E-state index in [0.29, 0.717) is 13.2 Å². The number of aliphatic hydroxyl groups excluding tert-OH is 1. The molecule has 0 saturated heterocycles. The van der Waals surface area contributed by atoms with E-state index in [1.807, 2.05) is 55.5 Å². The maximum absolute atomic E-state index is 10.9. The first-order chi connectivity index (χ1) is 11.1. The van der Waals surface area contributed by atoms with Gasteiger partial charge >= 0.3 is 0 Å². The van der Waals surface area contributed by atoms with Crippen molar-refractivity contribution in [1.82, 2.24) is 5.32 Å². The number of carbonyl (C=O) groups excluding carboxylic acids is 1. The van der Waals surface area contributed by atoms with Crippen LogP contribution in [-0.4, -0.2) is 30.1 Å². The van der Waals surface area contributed by atoms with Crippen LogP contribution in [0.5, 0.6) is 5.75 Å². The summed E-state index contributed by atoms with van der Waals surface area (Å²) in [6.45, 7) is 4.75. The van der Waals surface area contributed by atoms with Crippen LogP contribution < -0.4 is 10.1 Å². The van der Waals surface area contributed by atoms with Crippen LogP contribution in [0.3, 0.4) is 0 Å². The fourth-order valence-electron chi connectivity index (χ4n) is 2.32. The van der Waals surface area contributed by atoms with Gasteiger partial charge in [-0.2, -0.15) is 0 Å². The van der Waals surface area contributed by atoms with Gasteiger partial charge in [-0.25, -0.2) is 0 Å². The van der Waals surface area contributed by atoms with Crippen LogP contribution in [0.2, 0.25) is 0 Å². The number of rotatable bonds is 8. The van der Waals surface area contributed by atoms with Gasteiger partial charge in [-0.3, -0.25) is 0 Å². The molecule has 0 radical (unpaired) electrons. The molecule has 0 heterocycles. The monoisotopic (exact) mass is 313 g/mol. The van der Waals surface area contributed by atoms with Crippen LogP contribution in [-0.2, 0) is 11.3 Å². The van der Waals surface area contributed by atoms with Crippen molar-refractivity contribution in [3.8, 4) is 16.9 Å². The first-order valence-electron chi connectivity index (χ1n) is 7.83. The van der Waals surface area contributed by atoms with E-state index in [2.05, 4.69) is 5.32 Å². The predicted molar refractivity (Wildman–Crippen MR) is 91.4 cm³/mol. The number of nitrogens with one attached hydrogen (secondary N) is 1. The Morgan fingerprint density at radius 2 is 1.91 bits per heavy atom. The normalized spacial score (nSPS) is 13.3. The SMILES string of the molecule is CCOc1cccc(-c2ccc(CNC(C=O)C(C)O)cc2)c1. The first-order valence-corrected chi connectivity index (χ1v) is 7.83. The standard InChI is InChI=1S/C19H23NO3/c1-3-23-18-6-4-5-17(11-18)16-9-7-15(8-10-16)12-20-19(13-21)14(2)22/h4-11,13-14,19-20,22H,3,12H2,1-2H3. The largest absolute Gasteiger partial charge is 0.494 e. The lowest BCUT2D eigenvalue weighted by Crippen LogP contribution is -2.39. The van der Waals surface area contributed by atoms with Gasteiger partial charge in [-0.1, -0.05) is 36.4 Å². The third-order valence-corrected chi connectivity index (χ3v) is 3.64. The van der Waals surface area contributed by atoms with E-state index in [1.165, 1.54) is 0 Å². The fourth-order valence-corrected chi connectivity index (χ4v) is 2.32. The molecule has 122 valence electrons. The summed E-state index contributed by atoms with van der Waals surface area (Å²) in [6, 6.07) is 15.6. The maximum atomic E-state index is 10.9. The molecule has 23 heavy (non-hydrogen) atoms. The molecule has 0 amide bonds. The van der Waals surface area contributed by atoms with Crippen LogP contribution in [0.4, 0.5) is 0 Å². The van der Waals surface area contributed by atoms with Crippen molar-refractivity contribution in [1.29, 1.82) is 0 Å². The van der Waals surface area contributed by atoms with E-state index >= 15 is 0 Å². The van der Waals surface area contributed by atoms with Crippen molar-refractivity contribution in [3.63, 3.8) is 0 Å². The lowest BCUT2D eigenvalue weighted by molar-refractivity contribution is -0.111. The van der Waals surface area contributed by atoms with Crippen LogP contribution in [0.15, 0.2) is 48.5 Å². The zero-order valence-corrected chi connectivity index (χ0v) is 13.5. The molecule has 2 aromatic rings. The Hall–Kier alpha value is -2.17. The lowest BCUT2D eigenvalue weighted by Gasteiger charge is -2.15. The Morgan fingerprint density at radius 1 is 1.17 bits per heavy atom. The Bertz CT molecular complexity index is 623. The number of benzene rings is 2. The smallest absolute Gasteiger partial charge is 0.139 e. The summed E-state index contributed by atoms with van der Waals surface area (Å²) < 4.78 is 5.52. The second kappa shape index (κ2) is 8.46. The molecule has 0 spiro atoms. The van der Waals surface area contributed by atoms with Crippen molar-refractivity contribution in [2.75, 3.05) is 6.61 Å². The molecule has 2 rings (SSSR count). The van der Waals surface area contributed by atoms with Gasteiger partial charge in [0.2, 0.25) is 0 Å². The Balaban J connectivity index is 2.04. The van der Waals surface area contributed by atoms with Crippen LogP contribution >= 0.6 is 0 Å². The van der Waals surface area contributed by atoms with E-state index in [1.54, 1.807) is 6.92 Å². The van der Waals surface area contributed by atoms with Crippen LogP contribution in [0.25, 0.3) is 11.1 Å². The minimum absolute atomic E-state index is 0.535. The molecule has 0 fully saturated rings. The highest BCUT2D eigenvalue weighted by Gasteiger charge is 2.12. The molecular formula is C19H23NO3. The van der Waals surface area contributed by atoms with Gasteiger partial charge in [-0.05, 0) is 42.7 Å². The van der Waals surface area contributed by atoms with Gasteiger partial charge in [0, 0.05) is 6.54 Å². The highest BCUT2D eigenvalue weighted by Crippen LogP contribution is 2.24. The molecule has 0 bridgehead atoms. The summed E-state index contributed by atoms with van der Waals surface area (Å²) in [5.74, 6) is 0.863. The van der Waals surface area contributed by atoms with E-state index in [4.69, 9.17) is 4.74 Å². The summed E-state index contributed by atoms with van der Waals surface area (Å²) in [5.41, 5.74) is 3.27. The zero-order valence-electron chi connectivity index (χ0n) is 13.5. The zero-order chi connectivity index (χ0) is 16.7. The average Bonchev–Trinajstić information content (AvgIpc) is 2.56. The van der Waals surface area contributed by atoms with Gasteiger partial charge in [0.25, 0.3) is 0 Å². The predicted octanol–water partition coefficient (Wildman–Crippen LogP) is 2.79. The number of hydrogen-bond acceptors (Lipinski definition) is 4. The highest BCUT2D eigenvalue weighted by molar-refractivity contribution is 5.65. The van der Waals surface area contributed by atoms with Crippen LogP contribution in [0, 0.1) is 0 Å². The number of carbonyl (C=O) groups is 1. The van der Waals surface area contributed by atoms with Gasteiger partial charge < -0.3 is 20.0 Å². The second-order valence-electron chi connectivity index (χ2n) is 5.44. The summed E-state index contributed by atoms with van der Waals surface area (Å²) in [5, 5.41) is 12.5. The summed E-state index contributed by atoms with van der Waals surface area (Å²) in [4.78, 5) is 10.9. The van der Waals surface area contributed by atoms with Crippen molar-refractivity contribution < 1.29 is 14.6 Å². The quantitative estimate of drug-likeness (QED) is 0.736. The molecule has 2 aromatic carbocycles. The fraction of sp³-hybridized carbons (Fsp3) is 0.316. The van der Waals surface area contributed by atoms with Crippen molar-refractivity contribution in [2.24, 2.45) is 0 Å². The van der Waals surface area contributed by atoms with Gasteiger partial charge in [0.1, 0.15) is 12.0 Å². The van der Waals surface area contributed by atoms with Gasteiger partial charge in [0.15, 0.2) is 0 Å². The Labute approximate surface area is 137 Å². The first kappa shape index (κ1) is 17.2. The summed E-state index contributed by atoms with van der Waals surface area (Å²) >= 11 is 0. The maximum Gasteiger partial charge on any atom is 0.139 e. The number of aliphatic hydroxyl groups is 1. The van der Waals surface area contributed by atoms with E-state index in [9.17, 15) is 9.90 Å².